The van der Waals surface area contributed by atoms with Crippen LogP contribution in [0, 0.1) is 0 Å². The maximum absolute atomic E-state index is 11.6. The van der Waals surface area contributed by atoms with Gasteiger partial charge >= 0.3 is 0 Å². The number of allylic oxidation sites excluding steroid dienone is 4. The van der Waals surface area contributed by atoms with E-state index in [9.17, 15) is 4.79 Å². The zero-order chi connectivity index (χ0) is 9.54. The second-order valence-electron chi connectivity index (χ2n) is 3.14. The van der Waals surface area contributed by atoms with Crippen molar-refractivity contribution in [2.24, 2.45) is 4.99 Å². The molecule has 2 aliphatic rings. The molecule has 0 fully saturated rings. The molecule has 1 aliphatic carbocycles. The van der Waals surface area contributed by atoms with Crippen molar-refractivity contribution in [2.45, 2.75) is 0 Å². The van der Waals surface area contributed by atoms with E-state index in [-0.39, 0.29) is 5.78 Å². The lowest BCUT2D eigenvalue weighted by atomic mass is 10.0. The molecule has 0 amide bonds. The Morgan fingerprint density at radius 2 is 2.21 bits per heavy atom. The minimum absolute atomic E-state index is 0.0120. The Labute approximate surface area is 79.8 Å². The van der Waals surface area contributed by atoms with Gasteiger partial charge in [-0.25, -0.2) is 9.98 Å². The highest BCUT2D eigenvalue weighted by Gasteiger charge is 2.20. The molecule has 1 aliphatic heterocycles. The summed E-state index contributed by atoms with van der Waals surface area (Å²) in [5.74, 6) is 0.0120. The van der Waals surface area contributed by atoms with E-state index in [0.29, 0.717) is 11.1 Å². The normalized spacial score (nSPS) is 17.3. The number of carbonyl (C=O) groups is 1. The van der Waals surface area contributed by atoms with Crippen molar-refractivity contribution in [1.29, 1.82) is 0 Å². The van der Waals surface area contributed by atoms with Gasteiger partial charge in [0.1, 0.15) is 0 Å². The van der Waals surface area contributed by atoms with Crippen LogP contribution in [0.3, 0.4) is 0 Å². The van der Waals surface area contributed by atoms with E-state index in [2.05, 4.69) is 9.98 Å². The summed E-state index contributed by atoms with van der Waals surface area (Å²) < 4.78 is 0. The highest BCUT2D eigenvalue weighted by atomic mass is 16.1. The van der Waals surface area contributed by atoms with Gasteiger partial charge in [0, 0.05) is 11.4 Å². The molecule has 0 aromatic carbocycles. The van der Waals surface area contributed by atoms with Crippen LogP contribution in [-0.4, -0.2) is 10.8 Å². The van der Waals surface area contributed by atoms with Crippen molar-refractivity contribution in [3.05, 3.63) is 53.0 Å². The van der Waals surface area contributed by atoms with Crippen molar-refractivity contribution >= 4 is 11.4 Å². The monoisotopic (exact) mass is 182 g/mol. The number of carbonyl (C=O) groups excluding carboxylic acids is 1. The SMILES string of the molecule is O=C1C=CC=C2N=c3ncccc3=C12. The molecule has 66 valence electrons. The summed E-state index contributed by atoms with van der Waals surface area (Å²) in [6.45, 7) is 0. The van der Waals surface area contributed by atoms with Crippen LogP contribution in [0.4, 0.5) is 0 Å². The van der Waals surface area contributed by atoms with Crippen LogP contribution in [-0.2, 0) is 4.79 Å². The zero-order valence-electron chi connectivity index (χ0n) is 7.27. The van der Waals surface area contributed by atoms with Gasteiger partial charge in [-0.2, -0.15) is 0 Å². The van der Waals surface area contributed by atoms with E-state index in [4.69, 9.17) is 0 Å². The van der Waals surface area contributed by atoms with Crippen LogP contribution < -0.4 is 10.7 Å². The number of hydrogen-bond acceptors (Lipinski definition) is 3. The third-order valence-electron chi connectivity index (χ3n) is 2.29. The first kappa shape index (κ1) is 7.38. The molecular weight excluding hydrogens is 176 g/mol. The minimum Gasteiger partial charge on any atom is -0.289 e. The minimum atomic E-state index is 0.0120. The van der Waals surface area contributed by atoms with E-state index in [1.807, 2.05) is 18.2 Å². The molecule has 3 nitrogen and oxygen atoms in total. The van der Waals surface area contributed by atoms with Gasteiger partial charge in [-0.3, -0.25) is 4.79 Å². The number of aromatic nitrogens is 1. The molecule has 3 heteroatoms. The summed E-state index contributed by atoms with van der Waals surface area (Å²) in [7, 11) is 0. The molecule has 0 saturated heterocycles. The lowest BCUT2D eigenvalue weighted by Crippen LogP contribution is -2.27. The maximum Gasteiger partial charge on any atom is 0.188 e. The van der Waals surface area contributed by atoms with Gasteiger partial charge in [0.25, 0.3) is 0 Å². The number of pyridine rings is 1. The van der Waals surface area contributed by atoms with E-state index < -0.39 is 0 Å². The molecule has 0 radical (unpaired) electrons. The topological polar surface area (TPSA) is 42.3 Å². The van der Waals surface area contributed by atoms with Crippen molar-refractivity contribution < 1.29 is 4.79 Å². The number of nitrogens with zero attached hydrogens (tertiary/aromatic N) is 2. The number of hydrogen-bond donors (Lipinski definition) is 0. The van der Waals surface area contributed by atoms with Crippen molar-refractivity contribution in [3.63, 3.8) is 0 Å². The van der Waals surface area contributed by atoms with E-state index in [0.717, 1.165) is 10.9 Å². The number of ketones is 1. The van der Waals surface area contributed by atoms with Crippen LogP contribution in [0.2, 0.25) is 0 Å². The van der Waals surface area contributed by atoms with Crippen molar-refractivity contribution in [3.8, 4) is 0 Å². The first-order chi connectivity index (χ1) is 6.86. The highest BCUT2D eigenvalue weighted by Crippen LogP contribution is 2.18. The predicted molar refractivity (Wildman–Crippen MR) is 50.7 cm³/mol. The third kappa shape index (κ3) is 0.836. The quantitative estimate of drug-likeness (QED) is 0.561. The second-order valence-corrected chi connectivity index (χ2v) is 3.14. The largest absolute Gasteiger partial charge is 0.289 e. The second kappa shape index (κ2) is 2.48. The average Bonchev–Trinajstić information content (AvgIpc) is 2.57. The molecule has 0 bridgehead atoms. The molecule has 0 unspecified atom stereocenters. The van der Waals surface area contributed by atoms with Crippen LogP contribution in [0.5, 0.6) is 0 Å². The lowest BCUT2D eigenvalue weighted by Gasteiger charge is -2.01. The molecule has 0 N–H and O–H groups in total. The van der Waals surface area contributed by atoms with E-state index in [1.54, 1.807) is 18.3 Å². The standard InChI is InChI=1S/C11H6N2O/c14-9-5-1-4-8-10(9)7-3-2-6-12-11(7)13-8/h1-6H. The smallest absolute Gasteiger partial charge is 0.188 e. The summed E-state index contributed by atoms with van der Waals surface area (Å²) in [5, 5.41) is 0.841. The van der Waals surface area contributed by atoms with Gasteiger partial charge in [-0.15, -0.1) is 0 Å². The highest BCUT2D eigenvalue weighted by molar-refractivity contribution is 6.27. The predicted octanol–water partition coefficient (Wildman–Crippen LogP) is -0.112. The van der Waals surface area contributed by atoms with Crippen molar-refractivity contribution in [2.75, 3.05) is 0 Å². The summed E-state index contributed by atoms with van der Waals surface area (Å²) in [6.07, 6.45) is 6.78. The van der Waals surface area contributed by atoms with Crippen LogP contribution in [0.1, 0.15) is 0 Å². The Bertz CT molecular complexity index is 608. The first-order valence-corrected chi connectivity index (χ1v) is 4.33. The third-order valence-corrected chi connectivity index (χ3v) is 2.29. The fraction of sp³-hybridized carbons (Fsp3) is 0. The van der Waals surface area contributed by atoms with Gasteiger partial charge in [-0.1, -0.05) is 6.08 Å². The van der Waals surface area contributed by atoms with Gasteiger partial charge in [0.05, 0.1) is 11.3 Å². The Balaban J connectivity index is 2.51. The van der Waals surface area contributed by atoms with E-state index in [1.165, 1.54) is 0 Å². The number of fused-ring (bicyclic) bond motifs is 2. The molecule has 1 aromatic heterocycles. The van der Waals surface area contributed by atoms with Crippen LogP contribution in [0.15, 0.2) is 47.2 Å². The summed E-state index contributed by atoms with van der Waals surface area (Å²) in [4.78, 5) is 20.0. The molecule has 0 saturated carbocycles. The summed E-state index contributed by atoms with van der Waals surface area (Å²) in [5.41, 5.74) is 2.05. The Hall–Kier alpha value is -2.03. The molecule has 14 heavy (non-hydrogen) atoms. The van der Waals surface area contributed by atoms with Gasteiger partial charge in [-0.05, 0) is 24.3 Å². The average molecular weight is 182 g/mol. The lowest BCUT2D eigenvalue weighted by molar-refractivity contribution is -0.109. The fourth-order valence-electron chi connectivity index (χ4n) is 1.68. The molecule has 0 atom stereocenters. The Kier molecular flexibility index (Phi) is 1.31. The molecular formula is C11H6N2O. The molecule has 0 spiro atoms. The van der Waals surface area contributed by atoms with Gasteiger partial charge in [0.15, 0.2) is 11.3 Å². The summed E-state index contributed by atoms with van der Waals surface area (Å²) >= 11 is 0. The number of rotatable bonds is 0. The molecule has 2 heterocycles. The first-order valence-electron chi connectivity index (χ1n) is 4.33. The molecule has 1 aromatic rings. The molecule has 3 rings (SSSR count). The Morgan fingerprint density at radius 1 is 1.29 bits per heavy atom. The van der Waals surface area contributed by atoms with Crippen LogP contribution in [0.25, 0.3) is 5.57 Å². The fourth-order valence-corrected chi connectivity index (χ4v) is 1.68. The van der Waals surface area contributed by atoms with Gasteiger partial charge in [0.2, 0.25) is 0 Å². The van der Waals surface area contributed by atoms with Crippen molar-refractivity contribution in [1.82, 2.24) is 4.98 Å². The zero-order valence-corrected chi connectivity index (χ0v) is 7.27. The van der Waals surface area contributed by atoms with E-state index >= 15 is 0 Å². The maximum atomic E-state index is 11.6. The summed E-state index contributed by atoms with van der Waals surface area (Å²) in [6, 6.07) is 3.69. The van der Waals surface area contributed by atoms with Crippen LogP contribution >= 0.6 is 0 Å². The van der Waals surface area contributed by atoms with Gasteiger partial charge < -0.3 is 0 Å². The Morgan fingerprint density at radius 3 is 3.14 bits per heavy atom.